The van der Waals surface area contributed by atoms with Crippen LogP contribution in [0.1, 0.15) is 16.7 Å². The second-order valence-electron chi connectivity index (χ2n) is 7.45. The van der Waals surface area contributed by atoms with Gasteiger partial charge in [-0.3, -0.25) is 14.5 Å². The average Bonchev–Trinajstić information content (AvgIpc) is 3.04. The van der Waals surface area contributed by atoms with Crippen LogP contribution in [0, 0.1) is 6.92 Å². The number of hydrogen-bond donors (Lipinski definition) is 1. The Morgan fingerprint density at radius 1 is 0.812 bits per heavy atom. The normalized spacial score (nSPS) is 13.5. The van der Waals surface area contributed by atoms with Crippen LogP contribution < -0.4 is 14.8 Å². The van der Waals surface area contributed by atoms with Gasteiger partial charge in [-0.15, -0.1) is 0 Å². The predicted molar refractivity (Wildman–Crippen MR) is 123 cm³/mol. The summed E-state index contributed by atoms with van der Waals surface area (Å²) >= 11 is 0. The number of carbonyl (C=O) groups excluding carboxylic acids is 2. The van der Waals surface area contributed by atoms with Crippen LogP contribution in [0.15, 0.2) is 78.5 Å². The van der Waals surface area contributed by atoms with E-state index in [9.17, 15) is 9.59 Å². The zero-order valence-corrected chi connectivity index (χ0v) is 18.2. The van der Waals surface area contributed by atoms with Gasteiger partial charge >= 0.3 is 0 Å². The van der Waals surface area contributed by atoms with E-state index in [1.54, 1.807) is 14.2 Å². The summed E-state index contributed by atoms with van der Waals surface area (Å²) < 4.78 is 10.9. The minimum atomic E-state index is -0.400. The zero-order valence-electron chi connectivity index (χ0n) is 18.2. The van der Waals surface area contributed by atoms with Crippen LogP contribution in [0.25, 0.3) is 5.57 Å². The number of carbonyl (C=O) groups is 2. The number of rotatable bonds is 7. The first-order valence-electron chi connectivity index (χ1n) is 10.2. The van der Waals surface area contributed by atoms with Gasteiger partial charge in [-0.2, -0.15) is 0 Å². The zero-order chi connectivity index (χ0) is 22.7. The molecule has 0 saturated heterocycles. The molecule has 3 aromatic carbocycles. The number of methoxy groups -OCH3 is 2. The van der Waals surface area contributed by atoms with Crippen molar-refractivity contribution in [3.8, 4) is 11.5 Å². The van der Waals surface area contributed by atoms with Crippen molar-refractivity contribution in [2.24, 2.45) is 0 Å². The number of nitrogens with zero attached hydrogens (tertiary/aromatic N) is 1. The number of ether oxygens (including phenoxy) is 2. The molecule has 0 unspecified atom stereocenters. The minimum absolute atomic E-state index is 0.105. The second kappa shape index (κ2) is 8.98. The lowest BCUT2D eigenvalue weighted by Crippen LogP contribution is -2.32. The average molecular weight is 428 g/mol. The number of para-hydroxylation sites is 1. The van der Waals surface area contributed by atoms with Gasteiger partial charge in [0.05, 0.1) is 32.0 Å². The minimum Gasteiger partial charge on any atom is -0.496 e. The molecule has 3 aromatic rings. The van der Waals surface area contributed by atoms with Gasteiger partial charge in [0.15, 0.2) is 0 Å². The molecule has 1 aliphatic heterocycles. The Morgan fingerprint density at radius 3 is 2.22 bits per heavy atom. The van der Waals surface area contributed by atoms with Gasteiger partial charge in [-0.1, -0.05) is 54.6 Å². The van der Waals surface area contributed by atoms with E-state index >= 15 is 0 Å². The Hall–Kier alpha value is -4.06. The van der Waals surface area contributed by atoms with Crippen molar-refractivity contribution in [3.05, 3.63) is 95.2 Å². The molecule has 1 heterocycles. The summed E-state index contributed by atoms with van der Waals surface area (Å²) in [5.41, 5.74) is 3.59. The Balaban J connectivity index is 1.77. The molecule has 2 amide bonds. The molecular weight excluding hydrogens is 404 g/mol. The largest absolute Gasteiger partial charge is 0.496 e. The van der Waals surface area contributed by atoms with Crippen LogP contribution in [0.4, 0.5) is 5.69 Å². The molecule has 0 atom stereocenters. The second-order valence-corrected chi connectivity index (χ2v) is 7.45. The van der Waals surface area contributed by atoms with E-state index in [2.05, 4.69) is 5.32 Å². The van der Waals surface area contributed by atoms with E-state index in [1.165, 1.54) is 4.90 Å². The van der Waals surface area contributed by atoms with Gasteiger partial charge in [0.1, 0.15) is 17.2 Å². The standard InChI is InChI=1S/C26H24N2O4/c1-17-13-14-22(32-3)20(15-17)27-24-23(18-9-5-4-6-10-18)25(29)28(26(24)30)16-19-11-7-8-12-21(19)31-2/h4-15,27H,16H2,1-3H3. The lowest BCUT2D eigenvalue weighted by Gasteiger charge is -2.17. The molecule has 1 N–H and O–H groups in total. The maximum Gasteiger partial charge on any atom is 0.278 e. The Labute approximate surface area is 187 Å². The molecule has 0 spiro atoms. The van der Waals surface area contributed by atoms with Crippen LogP contribution in [0.5, 0.6) is 11.5 Å². The molecule has 6 heteroatoms. The Bertz CT molecular complexity index is 1200. The van der Waals surface area contributed by atoms with Crippen LogP contribution in [-0.4, -0.2) is 30.9 Å². The summed E-state index contributed by atoms with van der Waals surface area (Å²) in [5.74, 6) is 0.444. The van der Waals surface area contributed by atoms with Gasteiger partial charge in [-0.05, 0) is 36.2 Å². The molecule has 6 nitrogen and oxygen atoms in total. The lowest BCUT2D eigenvalue weighted by atomic mass is 10.0. The first kappa shape index (κ1) is 21.2. The van der Waals surface area contributed by atoms with E-state index in [0.717, 1.165) is 11.1 Å². The number of benzene rings is 3. The summed E-state index contributed by atoms with van der Waals surface area (Å²) in [6.07, 6.45) is 0. The van der Waals surface area contributed by atoms with Crippen molar-refractivity contribution in [3.63, 3.8) is 0 Å². The fourth-order valence-corrected chi connectivity index (χ4v) is 3.77. The fraction of sp³-hybridized carbons (Fsp3) is 0.154. The molecule has 0 fully saturated rings. The highest BCUT2D eigenvalue weighted by molar-refractivity contribution is 6.36. The summed E-state index contributed by atoms with van der Waals surface area (Å²) in [6.45, 7) is 2.06. The van der Waals surface area contributed by atoms with Crippen molar-refractivity contribution in [1.82, 2.24) is 4.90 Å². The summed E-state index contributed by atoms with van der Waals surface area (Å²) in [4.78, 5) is 28.2. The van der Waals surface area contributed by atoms with Gasteiger partial charge < -0.3 is 14.8 Å². The van der Waals surface area contributed by atoms with Crippen molar-refractivity contribution in [1.29, 1.82) is 0 Å². The number of nitrogens with one attached hydrogen (secondary N) is 1. The highest BCUT2D eigenvalue weighted by Gasteiger charge is 2.39. The topological polar surface area (TPSA) is 67.9 Å². The van der Waals surface area contributed by atoms with Crippen LogP contribution >= 0.6 is 0 Å². The van der Waals surface area contributed by atoms with Crippen molar-refractivity contribution >= 4 is 23.1 Å². The van der Waals surface area contributed by atoms with Gasteiger partial charge in [0.2, 0.25) is 0 Å². The first-order valence-corrected chi connectivity index (χ1v) is 10.2. The Kier molecular flexibility index (Phi) is 5.94. The van der Waals surface area contributed by atoms with E-state index in [0.29, 0.717) is 28.3 Å². The molecular formula is C26H24N2O4. The number of amides is 2. The SMILES string of the molecule is COc1ccccc1CN1C(=O)C(Nc2cc(C)ccc2OC)=C(c2ccccc2)C1=O. The monoisotopic (exact) mass is 428 g/mol. The molecule has 0 aromatic heterocycles. The first-order chi connectivity index (χ1) is 15.5. The third-order valence-electron chi connectivity index (χ3n) is 5.37. The summed E-state index contributed by atoms with van der Waals surface area (Å²) in [6, 6.07) is 22.2. The third-order valence-corrected chi connectivity index (χ3v) is 5.37. The lowest BCUT2D eigenvalue weighted by molar-refractivity contribution is -0.137. The maximum absolute atomic E-state index is 13.5. The number of aryl methyl sites for hydroxylation is 1. The molecule has 0 bridgehead atoms. The van der Waals surface area contributed by atoms with Crippen molar-refractivity contribution < 1.29 is 19.1 Å². The van der Waals surface area contributed by atoms with Gasteiger partial charge in [0.25, 0.3) is 11.8 Å². The third kappa shape index (κ3) is 3.95. The van der Waals surface area contributed by atoms with Crippen LogP contribution in [-0.2, 0) is 16.1 Å². The molecule has 1 aliphatic rings. The van der Waals surface area contributed by atoms with Gasteiger partial charge in [0, 0.05) is 5.56 Å². The predicted octanol–water partition coefficient (Wildman–Crippen LogP) is 4.40. The van der Waals surface area contributed by atoms with Crippen molar-refractivity contribution in [2.75, 3.05) is 19.5 Å². The number of anilines is 1. The van der Waals surface area contributed by atoms with Crippen LogP contribution in [0.3, 0.4) is 0 Å². The van der Waals surface area contributed by atoms with E-state index < -0.39 is 5.91 Å². The molecule has 4 rings (SSSR count). The van der Waals surface area contributed by atoms with Crippen LogP contribution in [0.2, 0.25) is 0 Å². The highest BCUT2D eigenvalue weighted by Crippen LogP contribution is 2.35. The number of imide groups is 1. The van der Waals surface area contributed by atoms with E-state index in [4.69, 9.17) is 9.47 Å². The molecule has 0 saturated carbocycles. The summed E-state index contributed by atoms with van der Waals surface area (Å²) in [5, 5.41) is 3.19. The highest BCUT2D eigenvalue weighted by atomic mass is 16.5. The molecule has 0 radical (unpaired) electrons. The number of hydrogen-bond acceptors (Lipinski definition) is 5. The smallest absolute Gasteiger partial charge is 0.278 e. The van der Waals surface area contributed by atoms with Gasteiger partial charge in [-0.25, -0.2) is 0 Å². The molecule has 32 heavy (non-hydrogen) atoms. The quantitative estimate of drug-likeness (QED) is 0.565. The molecule has 0 aliphatic carbocycles. The van der Waals surface area contributed by atoms with E-state index in [-0.39, 0.29) is 18.1 Å². The molecule has 162 valence electrons. The summed E-state index contributed by atoms with van der Waals surface area (Å²) in [7, 11) is 3.13. The van der Waals surface area contributed by atoms with Crippen molar-refractivity contribution in [2.45, 2.75) is 13.5 Å². The maximum atomic E-state index is 13.5. The fourth-order valence-electron chi connectivity index (χ4n) is 3.77. The van der Waals surface area contributed by atoms with E-state index in [1.807, 2.05) is 79.7 Å². The Morgan fingerprint density at radius 2 is 1.50 bits per heavy atom.